The first-order valence-electron chi connectivity index (χ1n) is 9.75. The van der Waals surface area contributed by atoms with Crippen molar-refractivity contribution < 1.29 is 29.2 Å². The van der Waals surface area contributed by atoms with Crippen LogP contribution in [0, 0.1) is 21.4 Å². The van der Waals surface area contributed by atoms with Crippen molar-refractivity contribution in [3.05, 3.63) is 58.1 Å². The Morgan fingerprint density at radius 1 is 1.20 bits per heavy atom. The van der Waals surface area contributed by atoms with Crippen LogP contribution in [0.3, 0.4) is 0 Å². The minimum Gasteiger partial charge on any atom is -0.480 e. The molecule has 0 spiro atoms. The number of carboxylic acid groups (broad SMARTS) is 1. The number of hydrogen-bond acceptors (Lipinski definition) is 6. The van der Waals surface area contributed by atoms with Gasteiger partial charge < -0.3 is 9.84 Å². The molecule has 8 heteroatoms. The standard InChI is InChI=1S/C22H23NO7/c1-3-30-18(25)11-15-12-22(13(2)24,21(26)27)19(20(15)23(28)29)17-10-6-8-14-7-4-5-9-16(14)17/h4-10,15,19-20H,3,11-12H2,1-2H3,(H,26,27). The summed E-state index contributed by atoms with van der Waals surface area (Å²) in [6.07, 6.45) is -0.612. The molecule has 3 rings (SSSR count). The van der Waals surface area contributed by atoms with Gasteiger partial charge in [0.05, 0.1) is 18.9 Å². The lowest BCUT2D eigenvalue weighted by atomic mass is 9.70. The first-order valence-corrected chi connectivity index (χ1v) is 9.75. The van der Waals surface area contributed by atoms with Crippen LogP contribution in [0.25, 0.3) is 10.8 Å². The Morgan fingerprint density at radius 2 is 1.87 bits per heavy atom. The van der Waals surface area contributed by atoms with Gasteiger partial charge in [0.1, 0.15) is 11.2 Å². The molecule has 0 bridgehead atoms. The lowest BCUT2D eigenvalue weighted by Crippen LogP contribution is -2.43. The fourth-order valence-corrected chi connectivity index (χ4v) is 4.85. The Kier molecular flexibility index (Phi) is 5.87. The molecule has 1 fully saturated rings. The van der Waals surface area contributed by atoms with Gasteiger partial charge in [-0.2, -0.15) is 0 Å². The second-order valence-electron chi connectivity index (χ2n) is 7.63. The number of carbonyl (C=O) groups is 3. The molecule has 1 aliphatic carbocycles. The molecule has 4 unspecified atom stereocenters. The van der Waals surface area contributed by atoms with E-state index in [9.17, 15) is 29.6 Å². The summed E-state index contributed by atoms with van der Waals surface area (Å²) >= 11 is 0. The molecule has 1 N–H and O–H groups in total. The van der Waals surface area contributed by atoms with E-state index in [0.29, 0.717) is 10.9 Å². The third-order valence-electron chi connectivity index (χ3n) is 6.09. The lowest BCUT2D eigenvalue weighted by Gasteiger charge is -2.29. The minimum absolute atomic E-state index is 0.109. The van der Waals surface area contributed by atoms with Crippen molar-refractivity contribution in [2.24, 2.45) is 11.3 Å². The number of esters is 1. The van der Waals surface area contributed by atoms with E-state index in [1.54, 1.807) is 31.2 Å². The molecular formula is C22H23NO7. The number of Topliss-reactive ketones (excluding diaryl/α,β-unsaturated/α-hetero) is 1. The number of fused-ring (bicyclic) bond motifs is 1. The summed E-state index contributed by atoms with van der Waals surface area (Å²) in [5.74, 6) is -4.87. The normalized spacial score (nSPS) is 25.7. The number of benzene rings is 2. The Balaban J connectivity index is 2.25. The Morgan fingerprint density at radius 3 is 2.47 bits per heavy atom. The Bertz CT molecular complexity index is 996. The van der Waals surface area contributed by atoms with Gasteiger partial charge in [-0.3, -0.25) is 24.5 Å². The third-order valence-corrected chi connectivity index (χ3v) is 6.09. The molecule has 0 aliphatic heterocycles. The van der Waals surface area contributed by atoms with Crippen LogP contribution in [0.15, 0.2) is 42.5 Å². The summed E-state index contributed by atoms with van der Waals surface area (Å²) in [5.41, 5.74) is -1.57. The number of nitrogens with zero attached hydrogens (tertiary/aromatic N) is 1. The van der Waals surface area contributed by atoms with Crippen molar-refractivity contribution in [1.82, 2.24) is 0 Å². The molecule has 2 aromatic rings. The van der Waals surface area contributed by atoms with Gasteiger partial charge in [-0.25, -0.2) is 0 Å². The zero-order valence-electron chi connectivity index (χ0n) is 16.7. The SMILES string of the molecule is CCOC(=O)CC1CC(C(C)=O)(C(=O)O)C(c2cccc3ccccc23)C1[N+](=O)[O-]. The number of carboxylic acids is 1. The second kappa shape index (κ2) is 8.22. The quantitative estimate of drug-likeness (QED) is 0.320. The van der Waals surface area contributed by atoms with E-state index in [1.165, 1.54) is 0 Å². The number of carbonyl (C=O) groups excluding carboxylic acids is 2. The first-order chi connectivity index (χ1) is 14.2. The van der Waals surface area contributed by atoms with E-state index >= 15 is 0 Å². The summed E-state index contributed by atoms with van der Waals surface area (Å²) in [7, 11) is 0. The van der Waals surface area contributed by atoms with E-state index in [1.807, 2.05) is 18.2 Å². The highest BCUT2D eigenvalue weighted by Gasteiger charge is 2.66. The third kappa shape index (κ3) is 3.42. The summed E-state index contributed by atoms with van der Waals surface area (Å²) in [6.45, 7) is 2.88. The highest BCUT2D eigenvalue weighted by Crippen LogP contribution is 2.56. The smallest absolute Gasteiger partial charge is 0.318 e. The molecule has 1 saturated carbocycles. The van der Waals surface area contributed by atoms with E-state index < -0.39 is 45.9 Å². The van der Waals surface area contributed by atoms with Gasteiger partial charge in [-0.05, 0) is 36.6 Å². The Hall–Kier alpha value is -3.29. The fourth-order valence-electron chi connectivity index (χ4n) is 4.85. The van der Waals surface area contributed by atoms with Crippen LogP contribution in [0.2, 0.25) is 0 Å². The predicted molar refractivity (Wildman–Crippen MR) is 108 cm³/mol. The van der Waals surface area contributed by atoms with E-state index in [4.69, 9.17) is 4.74 Å². The lowest BCUT2D eigenvalue weighted by molar-refractivity contribution is -0.532. The van der Waals surface area contributed by atoms with Gasteiger partial charge in [0, 0.05) is 10.8 Å². The molecule has 0 amide bonds. The van der Waals surface area contributed by atoms with Crippen molar-refractivity contribution >= 4 is 28.5 Å². The van der Waals surface area contributed by atoms with Crippen molar-refractivity contribution in [2.75, 3.05) is 6.61 Å². The fraction of sp³-hybridized carbons (Fsp3) is 0.409. The second-order valence-corrected chi connectivity index (χ2v) is 7.63. The van der Waals surface area contributed by atoms with Crippen LogP contribution >= 0.6 is 0 Å². The van der Waals surface area contributed by atoms with Crippen LogP contribution in [0.5, 0.6) is 0 Å². The zero-order chi connectivity index (χ0) is 22.1. The number of hydrogen-bond donors (Lipinski definition) is 1. The summed E-state index contributed by atoms with van der Waals surface area (Å²) < 4.78 is 4.94. The number of ketones is 1. The minimum atomic E-state index is -2.00. The van der Waals surface area contributed by atoms with Crippen LogP contribution in [0.1, 0.15) is 38.2 Å². The van der Waals surface area contributed by atoms with Gasteiger partial charge in [0.2, 0.25) is 6.04 Å². The topological polar surface area (TPSA) is 124 Å². The predicted octanol–water partition coefficient (Wildman–Crippen LogP) is 3.20. The van der Waals surface area contributed by atoms with Gasteiger partial charge in [0.25, 0.3) is 0 Å². The van der Waals surface area contributed by atoms with Gasteiger partial charge in [0.15, 0.2) is 0 Å². The van der Waals surface area contributed by atoms with E-state index in [2.05, 4.69) is 0 Å². The molecule has 4 atom stereocenters. The molecule has 0 heterocycles. The van der Waals surface area contributed by atoms with E-state index in [-0.39, 0.29) is 19.4 Å². The molecule has 1 aliphatic rings. The summed E-state index contributed by atoms with van der Waals surface area (Å²) in [5, 5.41) is 23.7. The maximum atomic E-state index is 12.7. The number of aliphatic carboxylic acids is 1. The van der Waals surface area contributed by atoms with Crippen LogP contribution < -0.4 is 0 Å². The molecule has 8 nitrogen and oxygen atoms in total. The van der Waals surface area contributed by atoms with Crippen molar-refractivity contribution in [1.29, 1.82) is 0 Å². The van der Waals surface area contributed by atoms with Crippen molar-refractivity contribution in [2.45, 2.75) is 38.6 Å². The first kappa shape index (κ1) is 21.4. The molecule has 0 aromatic heterocycles. The zero-order valence-corrected chi connectivity index (χ0v) is 16.7. The molecule has 0 radical (unpaired) electrons. The van der Waals surface area contributed by atoms with Crippen LogP contribution in [-0.2, 0) is 19.1 Å². The maximum absolute atomic E-state index is 12.7. The number of ether oxygens (including phenoxy) is 1. The molecule has 30 heavy (non-hydrogen) atoms. The van der Waals surface area contributed by atoms with E-state index in [0.717, 1.165) is 12.3 Å². The van der Waals surface area contributed by atoms with Crippen LogP contribution in [0.4, 0.5) is 0 Å². The largest absolute Gasteiger partial charge is 0.480 e. The monoisotopic (exact) mass is 413 g/mol. The number of rotatable bonds is 7. The molecule has 0 saturated heterocycles. The molecule has 158 valence electrons. The summed E-state index contributed by atoms with van der Waals surface area (Å²) in [6, 6.07) is 10.9. The van der Waals surface area contributed by atoms with Gasteiger partial charge in [-0.15, -0.1) is 0 Å². The average molecular weight is 413 g/mol. The average Bonchev–Trinajstić information content (AvgIpc) is 3.03. The summed E-state index contributed by atoms with van der Waals surface area (Å²) in [4.78, 5) is 48.9. The Labute approximate surface area is 173 Å². The van der Waals surface area contributed by atoms with Gasteiger partial charge in [-0.1, -0.05) is 42.5 Å². The van der Waals surface area contributed by atoms with Crippen molar-refractivity contribution in [3.8, 4) is 0 Å². The molecular weight excluding hydrogens is 390 g/mol. The maximum Gasteiger partial charge on any atom is 0.318 e. The number of nitro groups is 1. The highest BCUT2D eigenvalue weighted by molar-refractivity contribution is 6.04. The highest BCUT2D eigenvalue weighted by atomic mass is 16.6. The van der Waals surface area contributed by atoms with Crippen molar-refractivity contribution in [3.63, 3.8) is 0 Å². The van der Waals surface area contributed by atoms with Gasteiger partial charge >= 0.3 is 11.9 Å². The molecule has 2 aromatic carbocycles. The van der Waals surface area contributed by atoms with Crippen LogP contribution in [-0.4, -0.2) is 40.4 Å².